The van der Waals surface area contributed by atoms with Crippen molar-refractivity contribution in [1.82, 2.24) is 0 Å². The van der Waals surface area contributed by atoms with E-state index >= 15 is 0 Å². The Balaban J connectivity index is 2.27. The molecule has 0 aliphatic carbocycles. The minimum atomic E-state index is 0.0599. The molecule has 1 aromatic carbocycles. The lowest BCUT2D eigenvalue weighted by molar-refractivity contribution is 0.0681. The largest absolute Gasteiger partial charge is 0.392 e. The number of hydrogen-bond donors (Lipinski definition) is 2. The zero-order valence-electron chi connectivity index (χ0n) is 9.28. The lowest BCUT2D eigenvalue weighted by Crippen LogP contribution is -2.20. The fourth-order valence-electron chi connectivity index (χ4n) is 2.08. The van der Waals surface area contributed by atoms with Crippen LogP contribution in [0.25, 0.3) is 0 Å². The Morgan fingerprint density at radius 3 is 3.19 bits per heavy atom. The van der Waals surface area contributed by atoms with Crippen molar-refractivity contribution < 1.29 is 9.84 Å². The summed E-state index contributed by atoms with van der Waals surface area (Å²) in [7, 11) is 0. The average Bonchev–Trinajstić information content (AvgIpc) is 2.35. The standard InChI is InChI=1S/C13H17NO2/c1-2-8-16-12-6-7-14-13-10(9-15)4-3-5-11(12)13/h2-5,12,14-15H,1,6-9H2. The second kappa shape index (κ2) is 5.14. The number of aliphatic hydroxyl groups is 1. The molecule has 0 bridgehead atoms. The first kappa shape index (κ1) is 11.2. The topological polar surface area (TPSA) is 41.5 Å². The minimum Gasteiger partial charge on any atom is -0.392 e. The number of benzene rings is 1. The van der Waals surface area contributed by atoms with Gasteiger partial charge >= 0.3 is 0 Å². The van der Waals surface area contributed by atoms with Crippen molar-refractivity contribution in [2.45, 2.75) is 19.1 Å². The SMILES string of the molecule is C=CCOC1CCNc2c(CO)cccc21. The van der Waals surface area contributed by atoms with Gasteiger partial charge in [0, 0.05) is 23.4 Å². The molecule has 2 rings (SSSR count). The van der Waals surface area contributed by atoms with E-state index < -0.39 is 0 Å². The molecule has 86 valence electrons. The Morgan fingerprint density at radius 2 is 2.44 bits per heavy atom. The molecule has 0 aromatic heterocycles. The van der Waals surface area contributed by atoms with Crippen molar-refractivity contribution in [3.8, 4) is 0 Å². The zero-order chi connectivity index (χ0) is 11.4. The number of hydrogen-bond acceptors (Lipinski definition) is 3. The van der Waals surface area contributed by atoms with Crippen LogP contribution in [-0.4, -0.2) is 18.3 Å². The van der Waals surface area contributed by atoms with Crippen molar-refractivity contribution in [1.29, 1.82) is 0 Å². The third-order valence-electron chi connectivity index (χ3n) is 2.82. The van der Waals surface area contributed by atoms with Gasteiger partial charge in [-0.15, -0.1) is 6.58 Å². The van der Waals surface area contributed by atoms with Crippen LogP contribution in [0.1, 0.15) is 23.7 Å². The van der Waals surface area contributed by atoms with Crippen molar-refractivity contribution >= 4 is 5.69 Å². The van der Waals surface area contributed by atoms with Gasteiger partial charge in [-0.25, -0.2) is 0 Å². The molecule has 0 spiro atoms. The number of rotatable bonds is 4. The van der Waals surface area contributed by atoms with Gasteiger partial charge in [-0.05, 0) is 6.42 Å². The summed E-state index contributed by atoms with van der Waals surface area (Å²) in [6.07, 6.45) is 2.83. The molecule has 1 atom stereocenters. The molecule has 3 nitrogen and oxygen atoms in total. The van der Waals surface area contributed by atoms with Gasteiger partial charge in [0.05, 0.1) is 19.3 Å². The maximum absolute atomic E-state index is 9.26. The fraction of sp³-hybridized carbons (Fsp3) is 0.385. The Bertz CT molecular complexity index is 376. The number of anilines is 1. The van der Waals surface area contributed by atoms with E-state index in [1.807, 2.05) is 12.1 Å². The zero-order valence-corrected chi connectivity index (χ0v) is 9.28. The highest BCUT2D eigenvalue weighted by Crippen LogP contribution is 2.34. The van der Waals surface area contributed by atoms with E-state index in [1.54, 1.807) is 6.08 Å². The Hall–Kier alpha value is -1.32. The number of aliphatic hydroxyl groups excluding tert-OH is 1. The molecule has 3 heteroatoms. The van der Waals surface area contributed by atoms with Crippen LogP contribution in [-0.2, 0) is 11.3 Å². The van der Waals surface area contributed by atoms with E-state index in [2.05, 4.69) is 18.0 Å². The van der Waals surface area contributed by atoms with E-state index in [-0.39, 0.29) is 12.7 Å². The molecule has 0 amide bonds. The van der Waals surface area contributed by atoms with Gasteiger partial charge in [0.2, 0.25) is 0 Å². The van der Waals surface area contributed by atoms with Crippen molar-refractivity contribution in [3.63, 3.8) is 0 Å². The second-order valence-corrected chi connectivity index (χ2v) is 3.87. The molecule has 0 fully saturated rings. The fourth-order valence-corrected chi connectivity index (χ4v) is 2.08. The monoisotopic (exact) mass is 219 g/mol. The van der Waals surface area contributed by atoms with Crippen molar-refractivity contribution in [3.05, 3.63) is 42.0 Å². The van der Waals surface area contributed by atoms with E-state index in [0.29, 0.717) is 6.61 Å². The van der Waals surface area contributed by atoms with Gasteiger partial charge in [-0.2, -0.15) is 0 Å². The summed E-state index contributed by atoms with van der Waals surface area (Å²) in [6, 6.07) is 5.94. The van der Waals surface area contributed by atoms with Crippen LogP contribution in [0.2, 0.25) is 0 Å². The van der Waals surface area contributed by atoms with Crippen LogP contribution in [0.5, 0.6) is 0 Å². The van der Waals surface area contributed by atoms with Crippen LogP contribution in [0.15, 0.2) is 30.9 Å². The number of fused-ring (bicyclic) bond motifs is 1. The Labute approximate surface area is 95.7 Å². The number of ether oxygens (including phenoxy) is 1. The first-order valence-electron chi connectivity index (χ1n) is 5.56. The first-order valence-corrected chi connectivity index (χ1v) is 5.56. The van der Waals surface area contributed by atoms with Gasteiger partial charge in [-0.3, -0.25) is 0 Å². The highest BCUT2D eigenvalue weighted by molar-refractivity contribution is 5.59. The summed E-state index contributed by atoms with van der Waals surface area (Å²) in [5, 5.41) is 12.6. The predicted octanol–water partition coefficient (Wildman–Crippen LogP) is 2.24. The lowest BCUT2D eigenvalue weighted by atomic mass is 9.97. The summed E-state index contributed by atoms with van der Waals surface area (Å²) in [5.41, 5.74) is 3.11. The third-order valence-corrected chi connectivity index (χ3v) is 2.82. The van der Waals surface area contributed by atoms with E-state index in [0.717, 1.165) is 29.8 Å². The molecule has 0 radical (unpaired) electrons. The van der Waals surface area contributed by atoms with E-state index in [9.17, 15) is 5.11 Å². The van der Waals surface area contributed by atoms with E-state index in [1.165, 1.54) is 0 Å². The van der Waals surface area contributed by atoms with Crippen molar-refractivity contribution in [2.24, 2.45) is 0 Å². The molecule has 1 aliphatic rings. The van der Waals surface area contributed by atoms with E-state index in [4.69, 9.17) is 4.74 Å². The van der Waals surface area contributed by atoms with Crippen molar-refractivity contribution in [2.75, 3.05) is 18.5 Å². The molecule has 2 N–H and O–H groups in total. The van der Waals surface area contributed by atoms with Crippen LogP contribution >= 0.6 is 0 Å². The summed E-state index contributed by atoms with van der Waals surface area (Å²) in [4.78, 5) is 0. The van der Waals surface area contributed by atoms with Gasteiger partial charge in [0.25, 0.3) is 0 Å². The average molecular weight is 219 g/mol. The molecule has 0 saturated carbocycles. The predicted molar refractivity (Wildman–Crippen MR) is 64.4 cm³/mol. The summed E-state index contributed by atoms with van der Waals surface area (Å²) in [5.74, 6) is 0. The van der Waals surface area contributed by atoms with Crippen LogP contribution in [0.4, 0.5) is 5.69 Å². The molecule has 1 unspecified atom stereocenters. The summed E-state index contributed by atoms with van der Waals surface area (Å²) >= 11 is 0. The van der Waals surface area contributed by atoms with Crippen LogP contribution < -0.4 is 5.32 Å². The maximum atomic E-state index is 9.26. The highest BCUT2D eigenvalue weighted by atomic mass is 16.5. The maximum Gasteiger partial charge on any atom is 0.0866 e. The first-order chi connectivity index (χ1) is 7.86. The van der Waals surface area contributed by atoms with Gasteiger partial charge in [0.1, 0.15) is 0 Å². The Kier molecular flexibility index (Phi) is 3.59. The molecule has 16 heavy (non-hydrogen) atoms. The van der Waals surface area contributed by atoms with Gasteiger partial charge in [0.15, 0.2) is 0 Å². The normalized spacial score (nSPS) is 18.7. The third kappa shape index (κ3) is 2.10. The highest BCUT2D eigenvalue weighted by Gasteiger charge is 2.21. The molecular weight excluding hydrogens is 202 g/mol. The minimum absolute atomic E-state index is 0.0599. The molecule has 1 aromatic rings. The second-order valence-electron chi connectivity index (χ2n) is 3.87. The number of nitrogens with one attached hydrogen (secondary N) is 1. The lowest BCUT2D eigenvalue weighted by Gasteiger charge is -2.28. The quantitative estimate of drug-likeness (QED) is 0.763. The van der Waals surface area contributed by atoms with Gasteiger partial charge in [-0.1, -0.05) is 24.3 Å². The number of para-hydroxylation sites is 1. The molecular formula is C13H17NO2. The van der Waals surface area contributed by atoms with Gasteiger partial charge < -0.3 is 15.2 Å². The summed E-state index contributed by atoms with van der Waals surface area (Å²) in [6.45, 7) is 5.16. The smallest absolute Gasteiger partial charge is 0.0866 e. The van der Waals surface area contributed by atoms with Crippen LogP contribution in [0.3, 0.4) is 0 Å². The van der Waals surface area contributed by atoms with Crippen LogP contribution in [0, 0.1) is 0 Å². The Morgan fingerprint density at radius 1 is 1.56 bits per heavy atom. The molecule has 0 saturated heterocycles. The molecule has 1 aliphatic heterocycles. The molecule has 1 heterocycles. The summed E-state index contributed by atoms with van der Waals surface area (Å²) < 4.78 is 5.72.